The number of aliphatic hydroxyl groups is 1. The Balaban J connectivity index is 1.90. The van der Waals surface area contributed by atoms with E-state index in [1.165, 1.54) is 43.3 Å². The third-order valence-electron chi connectivity index (χ3n) is 4.45. The van der Waals surface area contributed by atoms with Crippen molar-refractivity contribution < 1.29 is 27.5 Å². The van der Waals surface area contributed by atoms with Gasteiger partial charge in [0, 0.05) is 18.3 Å². The molecule has 1 aromatic heterocycles. The van der Waals surface area contributed by atoms with E-state index in [1.54, 1.807) is 0 Å². The first-order chi connectivity index (χ1) is 14.6. The zero-order chi connectivity index (χ0) is 22.8. The van der Waals surface area contributed by atoms with Crippen molar-refractivity contribution in [3.63, 3.8) is 0 Å². The molecule has 0 aliphatic carbocycles. The molecule has 0 aliphatic rings. The van der Waals surface area contributed by atoms with E-state index in [2.05, 4.69) is 10.4 Å². The van der Waals surface area contributed by atoms with E-state index in [0.717, 1.165) is 22.9 Å². The molecule has 162 valence electrons. The number of carbonyl (C=O) groups excluding carboxylic acids is 1. The maximum Gasteiger partial charge on any atom is 0.418 e. The molecule has 1 heterocycles. The minimum atomic E-state index is -4.68. The summed E-state index contributed by atoms with van der Waals surface area (Å²) in [4.78, 5) is 24.7. The van der Waals surface area contributed by atoms with E-state index < -0.39 is 40.7 Å². The molecule has 1 amide bonds. The van der Waals surface area contributed by atoms with Crippen LogP contribution in [0.3, 0.4) is 0 Å². The van der Waals surface area contributed by atoms with Gasteiger partial charge in [0.15, 0.2) is 5.69 Å². The molecule has 0 bridgehead atoms. The molecule has 0 saturated heterocycles. The van der Waals surface area contributed by atoms with Crippen molar-refractivity contribution in [1.29, 1.82) is 0 Å². The van der Waals surface area contributed by atoms with Crippen molar-refractivity contribution in [2.24, 2.45) is 0 Å². The molecule has 3 rings (SSSR count). The smallest absolute Gasteiger partial charge is 0.387 e. The normalized spacial score (nSPS) is 12.5. The van der Waals surface area contributed by atoms with Gasteiger partial charge in [-0.25, -0.2) is 9.07 Å². The summed E-state index contributed by atoms with van der Waals surface area (Å²) >= 11 is 0. The number of nitrogens with one attached hydrogen (secondary N) is 1. The van der Waals surface area contributed by atoms with Crippen LogP contribution in [0.15, 0.2) is 59.4 Å². The van der Waals surface area contributed by atoms with Gasteiger partial charge in [0.25, 0.3) is 5.91 Å². The first kappa shape index (κ1) is 22.2. The van der Waals surface area contributed by atoms with Crippen molar-refractivity contribution >= 4 is 5.91 Å². The molecule has 0 aliphatic heterocycles. The van der Waals surface area contributed by atoms with Gasteiger partial charge in [-0.3, -0.25) is 9.59 Å². The van der Waals surface area contributed by atoms with Crippen molar-refractivity contribution in [3.05, 3.63) is 93.2 Å². The topological polar surface area (TPSA) is 84.2 Å². The van der Waals surface area contributed by atoms with Crippen LogP contribution >= 0.6 is 0 Å². The van der Waals surface area contributed by atoms with Crippen molar-refractivity contribution in [2.45, 2.75) is 19.2 Å². The lowest BCUT2D eigenvalue weighted by atomic mass is 10.1. The summed E-state index contributed by atoms with van der Waals surface area (Å²) in [7, 11) is 0. The molecule has 10 heteroatoms. The van der Waals surface area contributed by atoms with Crippen LogP contribution in [0.4, 0.5) is 17.6 Å². The third kappa shape index (κ3) is 4.97. The highest BCUT2D eigenvalue weighted by Gasteiger charge is 2.34. The number of aromatic nitrogens is 2. The van der Waals surface area contributed by atoms with Crippen molar-refractivity contribution in [2.75, 3.05) is 6.54 Å². The molecule has 2 N–H and O–H groups in total. The Bertz CT molecular complexity index is 1180. The molecule has 2 aromatic carbocycles. The fraction of sp³-hybridized carbons (Fsp3) is 0.190. The van der Waals surface area contributed by atoms with Gasteiger partial charge in [0.2, 0.25) is 5.43 Å². The zero-order valence-corrected chi connectivity index (χ0v) is 16.2. The first-order valence-corrected chi connectivity index (χ1v) is 9.07. The largest absolute Gasteiger partial charge is 0.418 e. The van der Waals surface area contributed by atoms with E-state index in [-0.39, 0.29) is 23.5 Å². The summed E-state index contributed by atoms with van der Waals surface area (Å²) in [6.45, 7) is 1.02. The molecule has 3 aromatic rings. The molecular weight excluding hydrogens is 418 g/mol. The molecule has 0 saturated carbocycles. The zero-order valence-electron chi connectivity index (χ0n) is 16.2. The Hall–Kier alpha value is -3.53. The fourth-order valence-electron chi connectivity index (χ4n) is 2.95. The Labute approximate surface area is 173 Å². The van der Waals surface area contributed by atoms with Crippen molar-refractivity contribution in [1.82, 2.24) is 15.1 Å². The number of carbonyl (C=O) groups is 1. The summed E-state index contributed by atoms with van der Waals surface area (Å²) in [6, 6.07) is 10.7. The number of aryl methyl sites for hydroxylation is 1. The van der Waals surface area contributed by atoms with Crippen molar-refractivity contribution in [3.8, 4) is 5.69 Å². The van der Waals surface area contributed by atoms with Crippen LogP contribution in [-0.2, 0) is 6.18 Å². The highest BCUT2D eigenvalue weighted by molar-refractivity contribution is 5.92. The van der Waals surface area contributed by atoms with Crippen LogP contribution < -0.4 is 10.7 Å². The van der Waals surface area contributed by atoms with Crippen LogP contribution in [0.5, 0.6) is 0 Å². The van der Waals surface area contributed by atoms with Gasteiger partial charge in [-0.05, 0) is 36.8 Å². The number of hydrogen-bond acceptors (Lipinski definition) is 4. The number of alkyl halides is 3. The quantitative estimate of drug-likeness (QED) is 0.603. The van der Waals surface area contributed by atoms with E-state index in [9.17, 15) is 32.3 Å². The Morgan fingerprint density at radius 1 is 1.16 bits per heavy atom. The van der Waals surface area contributed by atoms with E-state index >= 15 is 0 Å². The van der Waals surface area contributed by atoms with Gasteiger partial charge in [-0.15, -0.1) is 0 Å². The number of rotatable bonds is 5. The second-order valence-corrected chi connectivity index (χ2v) is 6.71. The highest BCUT2D eigenvalue weighted by atomic mass is 19.4. The number of aliphatic hydroxyl groups excluding tert-OH is 1. The van der Waals surface area contributed by atoms with Gasteiger partial charge >= 0.3 is 6.18 Å². The van der Waals surface area contributed by atoms with Crippen LogP contribution in [0, 0.1) is 12.7 Å². The maximum absolute atomic E-state index is 13.4. The predicted octanol–water partition coefficient (Wildman–Crippen LogP) is 3.16. The molecule has 1 unspecified atom stereocenters. The predicted molar refractivity (Wildman–Crippen MR) is 103 cm³/mol. The monoisotopic (exact) mass is 435 g/mol. The number of benzene rings is 2. The SMILES string of the molecule is Cc1cc(=O)c(C(=O)NCC(O)c2cccc(F)c2)nn1-c1ccccc1C(F)(F)F. The summed E-state index contributed by atoms with van der Waals surface area (Å²) in [5.41, 5.74) is -2.47. The highest BCUT2D eigenvalue weighted by Crippen LogP contribution is 2.33. The maximum atomic E-state index is 13.4. The number of amides is 1. The average Bonchev–Trinajstić information content (AvgIpc) is 2.71. The third-order valence-corrected chi connectivity index (χ3v) is 4.45. The van der Waals surface area contributed by atoms with E-state index in [4.69, 9.17) is 0 Å². The second-order valence-electron chi connectivity index (χ2n) is 6.71. The number of nitrogens with zero attached hydrogens (tertiary/aromatic N) is 2. The summed E-state index contributed by atoms with van der Waals surface area (Å²) in [6.07, 6.45) is -5.94. The van der Waals surface area contributed by atoms with Crippen LogP contribution in [-0.4, -0.2) is 27.3 Å². The second kappa shape index (κ2) is 8.68. The van der Waals surface area contributed by atoms with Crippen LogP contribution in [0.25, 0.3) is 5.69 Å². The molecule has 0 radical (unpaired) electrons. The van der Waals surface area contributed by atoms with Gasteiger partial charge in [-0.1, -0.05) is 24.3 Å². The fourth-order valence-corrected chi connectivity index (χ4v) is 2.95. The average molecular weight is 435 g/mol. The summed E-state index contributed by atoms with van der Waals surface area (Å²) in [5.74, 6) is -1.56. The lowest BCUT2D eigenvalue weighted by Crippen LogP contribution is -2.34. The molecule has 0 fully saturated rings. The standard InChI is InChI=1S/C21H17F4N3O3/c1-12-9-17(29)19(20(31)26-11-18(30)13-5-4-6-14(22)10-13)27-28(12)16-8-3-2-7-15(16)21(23,24)25/h2-10,18,30H,11H2,1H3,(H,26,31). The minimum Gasteiger partial charge on any atom is -0.387 e. The Morgan fingerprint density at radius 3 is 2.55 bits per heavy atom. The van der Waals surface area contributed by atoms with Gasteiger partial charge in [0.1, 0.15) is 5.82 Å². The molecule has 31 heavy (non-hydrogen) atoms. The molecule has 6 nitrogen and oxygen atoms in total. The Morgan fingerprint density at radius 2 is 1.87 bits per heavy atom. The van der Waals surface area contributed by atoms with Gasteiger partial charge in [0.05, 0.1) is 17.4 Å². The summed E-state index contributed by atoms with van der Waals surface area (Å²) in [5, 5.41) is 16.2. The lowest BCUT2D eigenvalue weighted by molar-refractivity contribution is -0.137. The number of para-hydroxylation sites is 1. The van der Waals surface area contributed by atoms with E-state index in [0.29, 0.717) is 0 Å². The lowest BCUT2D eigenvalue weighted by Gasteiger charge is -2.17. The molecule has 0 spiro atoms. The first-order valence-electron chi connectivity index (χ1n) is 9.07. The number of hydrogen-bond donors (Lipinski definition) is 2. The van der Waals surface area contributed by atoms with E-state index in [1.807, 2.05) is 0 Å². The molecule has 1 atom stereocenters. The molecular formula is C21H17F4N3O3. The van der Waals surface area contributed by atoms with Crippen LogP contribution in [0.1, 0.15) is 33.4 Å². The summed E-state index contributed by atoms with van der Waals surface area (Å²) < 4.78 is 54.2. The number of halogens is 4. The Kier molecular flexibility index (Phi) is 6.21. The van der Waals surface area contributed by atoms with Gasteiger partial charge < -0.3 is 10.4 Å². The van der Waals surface area contributed by atoms with Crippen LogP contribution in [0.2, 0.25) is 0 Å². The van der Waals surface area contributed by atoms with Gasteiger partial charge in [-0.2, -0.15) is 18.3 Å². The minimum absolute atomic E-state index is 0.0954.